The number of alkyl carbamates (subject to hydrolysis) is 1. The molecule has 0 aromatic rings. The highest BCUT2D eigenvalue weighted by Gasteiger charge is 2.21. The van der Waals surface area contributed by atoms with E-state index in [4.69, 9.17) is 4.74 Å². The molecule has 0 saturated carbocycles. The fraction of sp³-hybridized carbons (Fsp3) is 0.800. The Kier molecular flexibility index (Phi) is 7.40. The maximum Gasteiger partial charge on any atom is 0.407 e. The van der Waals surface area contributed by atoms with Crippen molar-refractivity contribution in [1.82, 2.24) is 5.32 Å². The summed E-state index contributed by atoms with van der Waals surface area (Å²) < 4.78 is 9.37. The van der Waals surface area contributed by atoms with Crippen LogP contribution in [0.2, 0.25) is 0 Å². The molecule has 0 saturated heterocycles. The summed E-state index contributed by atoms with van der Waals surface area (Å²) in [6, 6.07) is -0.603. The van der Waals surface area contributed by atoms with Gasteiger partial charge in [0.2, 0.25) is 0 Å². The van der Waals surface area contributed by atoms with Gasteiger partial charge in [0.05, 0.1) is 13.7 Å². The van der Waals surface area contributed by atoms with Crippen molar-refractivity contribution < 1.29 is 19.1 Å². The first-order valence-corrected chi connectivity index (χ1v) is 5.16. The Morgan fingerprint density at radius 3 is 2.40 bits per heavy atom. The van der Waals surface area contributed by atoms with Crippen LogP contribution in [0.25, 0.3) is 0 Å². The lowest BCUT2D eigenvalue weighted by atomic mass is 10.2. The number of hydrogen-bond acceptors (Lipinski definition) is 4. The van der Waals surface area contributed by atoms with Crippen molar-refractivity contribution in [1.29, 1.82) is 0 Å². The molecule has 15 heavy (non-hydrogen) atoms. The van der Waals surface area contributed by atoms with E-state index in [1.807, 2.05) is 13.8 Å². The molecule has 1 atom stereocenters. The van der Waals surface area contributed by atoms with E-state index in [1.54, 1.807) is 0 Å². The Morgan fingerprint density at radius 2 is 1.93 bits per heavy atom. The fourth-order valence-electron chi connectivity index (χ4n) is 1.04. The number of nitrogens with one attached hydrogen (secondary N) is 1. The molecule has 1 amide bonds. The molecule has 0 fully saturated rings. The number of methoxy groups -OCH3 is 1. The van der Waals surface area contributed by atoms with E-state index >= 15 is 0 Å². The second kappa shape index (κ2) is 8.08. The standard InChI is InChI=1S/C10H19NO4/c1-4-6-8(11-10(13)14-3)9(12)15-7-5-2/h8H,4-7H2,1-3H3,(H,11,13). The van der Waals surface area contributed by atoms with Crippen LogP contribution >= 0.6 is 0 Å². The molecule has 88 valence electrons. The van der Waals surface area contributed by atoms with Crippen LogP contribution in [-0.2, 0) is 14.3 Å². The smallest absolute Gasteiger partial charge is 0.407 e. The molecule has 1 N–H and O–H groups in total. The number of esters is 1. The van der Waals surface area contributed by atoms with Crippen LogP contribution in [0.15, 0.2) is 0 Å². The van der Waals surface area contributed by atoms with Gasteiger partial charge in [-0.15, -0.1) is 0 Å². The monoisotopic (exact) mass is 217 g/mol. The van der Waals surface area contributed by atoms with Gasteiger partial charge in [0.1, 0.15) is 6.04 Å². The van der Waals surface area contributed by atoms with Gasteiger partial charge in [-0.25, -0.2) is 9.59 Å². The normalized spacial score (nSPS) is 11.7. The number of amides is 1. The summed E-state index contributed by atoms with van der Waals surface area (Å²) in [7, 11) is 1.26. The lowest BCUT2D eigenvalue weighted by molar-refractivity contribution is -0.146. The van der Waals surface area contributed by atoms with Gasteiger partial charge in [0.25, 0.3) is 0 Å². The quantitative estimate of drug-likeness (QED) is 0.684. The minimum Gasteiger partial charge on any atom is -0.464 e. The summed E-state index contributed by atoms with van der Waals surface area (Å²) in [4.78, 5) is 22.4. The Hall–Kier alpha value is -1.26. The zero-order chi connectivity index (χ0) is 11.7. The summed E-state index contributed by atoms with van der Waals surface area (Å²) in [6.07, 6.45) is 1.50. The van der Waals surface area contributed by atoms with E-state index in [2.05, 4.69) is 10.1 Å². The van der Waals surface area contributed by atoms with E-state index in [1.165, 1.54) is 7.11 Å². The van der Waals surface area contributed by atoms with Gasteiger partial charge in [0, 0.05) is 0 Å². The predicted octanol–water partition coefficient (Wildman–Crippen LogP) is 1.46. The van der Waals surface area contributed by atoms with Crippen LogP contribution in [0.4, 0.5) is 4.79 Å². The highest BCUT2D eigenvalue weighted by atomic mass is 16.5. The first-order chi connectivity index (χ1) is 7.15. The Morgan fingerprint density at radius 1 is 1.27 bits per heavy atom. The molecule has 0 bridgehead atoms. The zero-order valence-electron chi connectivity index (χ0n) is 9.54. The topological polar surface area (TPSA) is 64.6 Å². The van der Waals surface area contributed by atoms with Crippen molar-refractivity contribution in [3.05, 3.63) is 0 Å². The zero-order valence-corrected chi connectivity index (χ0v) is 9.54. The Labute approximate surface area is 90.1 Å². The molecule has 1 unspecified atom stereocenters. The van der Waals surface area contributed by atoms with E-state index < -0.39 is 18.1 Å². The minimum absolute atomic E-state index is 0.377. The summed E-state index contributed by atoms with van der Waals surface area (Å²) in [5.41, 5.74) is 0. The first-order valence-electron chi connectivity index (χ1n) is 5.16. The van der Waals surface area contributed by atoms with E-state index in [0.717, 1.165) is 12.8 Å². The van der Waals surface area contributed by atoms with E-state index in [-0.39, 0.29) is 0 Å². The predicted molar refractivity (Wildman–Crippen MR) is 55.5 cm³/mol. The van der Waals surface area contributed by atoms with Gasteiger partial charge < -0.3 is 14.8 Å². The van der Waals surface area contributed by atoms with Crippen LogP contribution in [0.5, 0.6) is 0 Å². The van der Waals surface area contributed by atoms with Gasteiger partial charge in [0.15, 0.2) is 0 Å². The van der Waals surface area contributed by atoms with Crippen molar-refractivity contribution in [3.63, 3.8) is 0 Å². The first kappa shape index (κ1) is 13.7. The number of rotatable bonds is 6. The van der Waals surface area contributed by atoms with Crippen LogP contribution < -0.4 is 5.32 Å². The maximum atomic E-state index is 11.5. The number of hydrogen-bond donors (Lipinski definition) is 1. The van der Waals surface area contributed by atoms with Gasteiger partial charge in [-0.3, -0.25) is 0 Å². The molecule has 0 aromatic heterocycles. The molecular weight excluding hydrogens is 198 g/mol. The van der Waals surface area contributed by atoms with Crippen LogP contribution in [0.3, 0.4) is 0 Å². The minimum atomic E-state index is -0.609. The molecule has 0 aromatic carbocycles. The molecule has 0 aliphatic heterocycles. The third kappa shape index (κ3) is 5.93. The van der Waals surface area contributed by atoms with Crippen LogP contribution in [0, 0.1) is 0 Å². The average molecular weight is 217 g/mol. The second-order valence-electron chi connectivity index (χ2n) is 3.14. The molecular formula is C10H19NO4. The number of carbonyl (C=O) groups is 2. The van der Waals surface area contributed by atoms with Crippen molar-refractivity contribution >= 4 is 12.1 Å². The third-order valence-electron chi connectivity index (χ3n) is 1.79. The number of carbonyl (C=O) groups excluding carboxylic acids is 2. The SMILES string of the molecule is CCCOC(=O)C(CCC)NC(=O)OC. The molecule has 0 aliphatic carbocycles. The molecule has 0 rings (SSSR count). The van der Waals surface area contributed by atoms with Crippen molar-refractivity contribution in [2.24, 2.45) is 0 Å². The molecule has 0 aliphatic rings. The van der Waals surface area contributed by atoms with Gasteiger partial charge in [-0.2, -0.15) is 0 Å². The highest BCUT2D eigenvalue weighted by molar-refractivity contribution is 5.81. The third-order valence-corrected chi connectivity index (χ3v) is 1.79. The van der Waals surface area contributed by atoms with E-state index in [9.17, 15) is 9.59 Å². The largest absolute Gasteiger partial charge is 0.464 e. The highest BCUT2D eigenvalue weighted by Crippen LogP contribution is 2.00. The second-order valence-corrected chi connectivity index (χ2v) is 3.14. The fourth-order valence-corrected chi connectivity index (χ4v) is 1.04. The average Bonchev–Trinajstić information content (AvgIpc) is 2.24. The maximum absolute atomic E-state index is 11.5. The van der Waals surface area contributed by atoms with Gasteiger partial charge in [-0.1, -0.05) is 20.3 Å². The van der Waals surface area contributed by atoms with Gasteiger partial charge in [-0.05, 0) is 12.8 Å². The Bertz CT molecular complexity index is 206. The molecule has 5 nitrogen and oxygen atoms in total. The summed E-state index contributed by atoms with van der Waals surface area (Å²) in [5.74, 6) is -0.399. The van der Waals surface area contributed by atoms with Crippen LogP contribution in [-0.4, -0.2) is 31.8 Å². The van der Waals surface area contributed by atoms with Gasteiger partial charge >= 0.3 is 12.1 Å². The molecule has 0 heterocycles. The Balaban J connectivity index is 4.11. The molecule has 0 radical (unpaired) electrons. The lowest BCUT2D eigenvalue weighted by Crippen LogP contribution is -2.41. The molecule has 0 spiro atoms. The van der Waals surface area contributed by atoms with Crippen molar-refractivity contribution in [2.45, 2.75) is 39.2 Å². The van der Waals surface area contributed by atoms with Crippen LogP contribution in [0.1, 0.15) is 33.1 Å². The van der Waals surface area contributed by atoms with Crippen molar-refractivity contribution in [2.75, 3.05) is 13.7 Å². The van der Waals surface area contributed by atoms with Crippen molar-refractivity contribution in [3.8, 4) is 0 Å². The lowest BCUT2D eigenvalue weighted by Gasteiger charge is -2.15. The summed E-state index contributed by atoms with van der Waals surface area (Å²) in [5, 5.41) is 2.44. The summed E-state index contributed by atoms with van der Waals surface area (Å²) >= 11 is 0. The number of ether oxygens (including phenoxy) is 2. The molecule has 5 heteroatoms. The summed E-state index contributed by atoms with van der Waals surface area (Å²) in [6.45, 7) is 4.22. The van der Waals surface area contributed by atoms with E-state index in [0.29, 0.717) is 13.0 Å².